The average Bonchev–Trinajstić information content (AvgIpc) is 2.43. The van der Waals surface area contributed by atoms with Gasteiger partial charge < -0.3 is 5.73 Å². The van der Waals surface area contributed by atoms with Crippen molar-refractivity contribution in [2.45, 2.75) is 13.0 Å². The third-order valence-corrected chi connectivity index (χ3v) is 4.13. The van der Waals surface area contributed by atoms with Crippen molar-refractivity contribution in [1.29, 1.82) is 0 Å². The molecule has 3 nitrogen and oxygen atoms in total. The molecular formula is C9H16ClN3S2. The van der Waals surface area contributed by atoms with E-state index in [1.165, 1.54) is 35.9 Å². The van der Waals surface area contributed by atoms with E-state index in [-0.39, 0.29) is 12.4 Å². The topological polar surface area (TPSA) is 42.1 Å². The lowest BCUT2D eigenvalue weighted by atomic mass is 10.4. The molecule has 1 aromatic rings. The normalized spacial score (nSPS) is 18.1. The fraction of sp³-hybridized carbons (Fsp3) is 0.667. The van der Waals surface area contributed by atoms with Gasteiger partial charge in [0.1, 0.15) is 0 Å². The van der Waals surface area contributed by atoms with Crippen LogP contribution in [0.25, 0.3) is 0 Å². The van der Waals surface area contributed by atoms with Crippen LogP contribution in [0, 0.1) is 0 Å². The molecular weight excluding hydrogens is 250 g/mol. The molecule has 1 aromatic heterocycles. The second-order valence-corrected chi connectivity index (χ2v) is 5.78. The molecule has 6 heteroatoms. The van der Waals surface area contributed by atoms with Gasteiger partial charge in [0.15, 0.2) is 5.13 Å². The molecule has 0 saturated carbocycles. The van der Waals surface area contributed by atoms with Crippen LogP contribution in [0.15, 0.2) is 6.20 Å². The van der Waals surface area contributed by atoms with Gasteiger partial charge in [-0.25, -0.2) is 4.98 Å². The first-order chi connectivity index (χ1) is 6.84. The summed E-state index contributed by atoms with van der Waals surface area (Å²) in [5.41, 5.74) is 5.60. The van der Waals surface area contributed by atoms with Crippen LogP contribution in [0.5, 0.6) is 0 Å². The van der Waals surface area contributed by atoms with E-state index in [9.17, 15) is 0 Å². The fourth-order valence-electron chi connectivity index (χ4n) is 1.57. The maximum atomic E-state index is 5.60. The molecule has 1 saturated heterocycles. The Labute approximate surface area is 105 Å². The molecule has 0 spiro atoms. The SMILES string of the molecule is Cl.Nc1ncc(CN2CCCSCC2)s1. The highest BCUT2D eigenvalue weighted by Crippen LogP contribution is 2.18. The molecule has 0 aromatic carbocycles. The van der Waals surface area contributed by atoms with E-state index >= 15 is 0 Å². The van der Waals surface area contributed by atoms with Crippen LogP contribution in [-0.4, -0.2) is 34.5 Å². The maximum Gasteiger partial charge on any atom is 0.180 e. The second-order valence-electron chi connectivity index (χ2n) is 3.41. The average molecular weight is 266 g/mol. The monoisotopic (exact) mass is 265 g/mol. The van der Waals surface area contributed by atoms with Crippen molar-refractivity contribution in [1.82, 2.24) is 9.88 Å². The second kappa shape index (κ2) is 6.58. The number of nitrogens with two attached hydrogens (primary N) is 1. The van der Waals surface area contributed by atoms with Crippen molar-refractivity contribution < 1.29 is 0 Å². The first kappa shape index (κ1) is 13.1. The Morgan fingerprint density at radius 3 is 3.00 bits per heavy atom. The minimum Gasteiger partial charge on any atom is -0.375 e. The maximum absolute atomic E-state index is 5.60. The van der Waals surface area contributed by atoms with Gasteiger partial charge in [-0.2, -0.15) is 11.8 Å². The summed E-state index contributed by atoms with van der Waals surface area (Å²) in [6, 6.07) is 0. The summed E-state index contributed by atoms with van der Waals surface area (Å²) < 4.78 is 0. The molecule has 0 amide bonds. The third kappa shape index (κ3) is 4.18. The first-order valence-electron chi connectivity index (χ1n) is 4.85. The van der Waals surface area contributed by atoms with Crippen molar-refractivity contribution in [3.8, 4) is 0 Å². The van der Waals surface area contributed by atoms with Gasteiger partial charge in [-0.05, 0) is 18.7 Å². The van der Waals surface area contributed by atoms with Gasteiger partial charge in [0, 0.05) is 29.9 Å². The van der Waals surface area contributed by atoms with Gasteiger partial charge in [-0.15, -0.1) is 23.7 Å². The van der Waals surface area contributed by atoms with E-state index in [4.69, 9.17) is 5.73 Å². The lowest BCUT2D eigenvalue weighted by Gasteiger charge is -2.17. The van der Waals surface area contributed by atoms with Gasteiger partial charge in [0.2, 0.25) is 0 Å². The molecule has 1 aliphatic rings. The van der Waals surface area contributed by atoms with E-state index in [2.05, 4.69) is 21.6 Å². The largest absolute Gasteiger partial charge is 0.375 e. The van der Waals surface area contributed by atoms with E-state index < -0.39 is 0 Å². The summed E-state index contributed by atoms with van der Waals surface area (Å²) in [6.07, 6.45) is 3.21. The number of anilines is 1. The van der Waals surface area contributed by atoms with Gasteiger partial charge in [-0.3, -0.25) is 4.90 Å². The van der Waals surface area contributed by atoms with Crippen LogP contribution < -0.4 is 5.73 Å². The highest BCUT2D eigenvalue weighted by molar-refractivity contribution is 7.99. The molecule has 0 radical (unpaired) electrons. The minimum atomic E-state index is 0. The number of thioether (sulfide) groups is 1. The van der Waals surface area contributed by atoms with Crippen molar-refractivity contribution in [3.63, 3.8) is 0 Å². The van der Waals surface area contributed by atoms with Crippen molar-refractivity contribution >= 4 is 40.6 Å². The number of nitrogens with zero attached hydrogens (tertiary/aromatic N) is 2. The molecule has 2 rings (SSSR count). The Morgan fingerprint density at radius 2 is 2.27 bits per heavy atom. The summed E-state index contributed by atoms with van der Waals surface area (Å²) in [6.45, 7) is 3.43. The smallest absolute Gasteiger partial charge is 0.180 e. The predicted octanol–water partition coefficient (Wildman–Crippen LogP) is 2.09. The highest BCUT2D eigenvalue weighted by Gasteiger charge is 2.10. The number of thiazole rings is 1. The number of aromatic nitrogens is 1. The molecule has 2 N–H and O–H groups in total. The van der Waals surface area contributed by atoms with Gasteiger partial charge >= 0.3 is 0 Å². The Bertz CT molecular complexity index is 285. The number of hydrogen-bond acceptors (Lipinski definition) is 5. The quantitative estimate of drug-likeness (QED) is 0.889. The van der Waals surface area contributed by atoms with Crippen LogP contribution >= 0.6 is 35.5 Å². The first-order valence-corrected chi connectivity index (χ1v) is 6.82. The van der Waals surface area contributed by atoms with Crippen LogP contribution in [0.2, 0.25) is 0 Å². The Kier molecular flexibility index (Phi) is 5.74. The van der Waals surface area contributed by atoms with Crippen LogP contribution in [0.4, 0.5) is 5.13 Å². The molecule has 0 aliphatic carbocycles. The zero-order valence-corrected chi connectivity index (χ0v) is 11.0. The van der Waals surface area contributed by atoms with Gasteiger partial charge in [-0.1, -0.05) is 0 Å². The lowest BCUT2D eigenvalue weighted by molar-refractivity contribution is 0.290. The Morgan fingerprint density at radius 1 is 1.40 bits per heavy atom. The van der Waals surface area contributed by atoms with Crippen LogP contribution in [0.1, 0.15) is 11.3 Å². The summed E-state index contributed by atoms with van der Waals surface area (Å²) >= 11 is 3.66. The standard InChI is InChI=1S/C9H15N3S2.ClH/c10-9-11-6-8(14-9)7-12-2-1-4-13-5-3-12;/h6H,1-5,7H2,(H2,10,11);1H. The van der Waals surface area contributed by atoms with E-state index in [1.807, 2.05) is 6.20 Å². The highest BCUT2D eigenvalue weighted by atomic mass is 35.5. The number of nitrogen functional groups attached to an aromatic ring is 1. The van der Waals surface area contributed by atoms with E-state index in [1.54, 1.807) is 11.3 Å². The molecule has 1 fully saturated rings. The van der Waals surface area contributed by atoms with E-state index in [0.29, 0.717) is 5.13 Å². The molecule has 2 heterocycles. The summed E-state index contributed by atoms with van der Waals surface area (Å²) in [5, 5.41) is 0.684. The van der Waals surface area contributed by atoms with Crippen LogP contribution in [-0.2, 0) is 6.54 Å². The molecule has 86 valence electrons. The number of hydrogen-bond donors (Lipinski definition) is 1. The molecule has 0 bridgehead atoms. The zero-order chi connectivity index (χ0) is 9.80. The molecule has 0 atom stereocenters. The fourth-order valence-corrected chi connectivity index (χ4v) is 3.22. The molecule has 15 heavy (non-hydrogen) atoms. The van der Waals surface area contributed by atoms with E-state index in [0.717, 1.165) is 6.54 Å². The molecule has 0 unspecified atom stereocenters. The zero-order valence-electron chi connectivity index (χ0n) is 8.52. The van der Waals surface area contributed by atoms with Gasteiger partial charge in [0.05, 0.1) is 0 Å². The minimum absolute atomic E-state index is 0. The van der Waals surface area contributed by atoms with Gasteiger partial charge in [0.25, 0.3) is 0 Å². The van der Waals surface area contributed by atoms with Crippen LogP contribution in [0.3, 0.4) is 0 Å². The van der Waals surface area contributed by atoms with Crippen molar-refractivity contribution in [2.24, 2.45) is 0 Å². The van der Waals surface area contributed by atoms with Crippen molar-refractivity contribution in [3.05, 3.63) is 11.1 Å². The molecule has 1 aliphatic heterocycles. The number of halogens is 1. The summed E-state index contributed by atoms with van der Waals surface area (Å²) in [7, 11) is 0. The Hall–Kier alpha value is 0.0300. The summed E-state index contributed by atoms with van der Waals surface area (Å²) in [4.78, 5) is 7.85. The third-order valence-electron chi connectivity index (χ3n) is 2.27. The predicted molar refractivity (Wildman–Crippen MR) is 71.0 cm³/mol. The van der Waals surface area contributed by atoms with Crippen molar-refractivity contribution in [2.75, 3.05) is 30.3 Å². The summed E-state index contributed by atoms with van der Waals surface area (Å²) in [5.74, 6) is 2.57. The Balaban J connectivity index is 0.00000112. The number of rotatable bonds is 2. The lowest BCUT2D eigenvalue weighted by Crippen LogP contribution is -2.24.